The van der Waals surface area contributed by atoms with Gasteiger partial charge in [-0.05, 0) is 12.5 Å². The number of rotatable bonds is 8. The molecule has 1 N–H and O–H groups in total. The first kappa shape index (κ1) is 16.0. The second-order valence-corrected chi connectivity index (χ2v) is 7.32. The zero-order valence-corrected chi connectivity index (χ0v) is 11.9. The van der Waals surface area contributed by atoms with Gasteiger partial charge in [-0.15, -0.1) is 0 Å². The van der Waals surface area contributed by atoms with Crippen LogP contribution in [0.3, 0.4) is 0 Å². The van der Waals surface area contributed by atoms with Gasteiger partial charge >= 0.3 is 0 Å². The van der Waals surface area contributed by atoms with Crippen LogP contribution in [0.25, 0.3) is 0 Å². The summed E-state index contributed by atoms with van der Waals surface area (Å²) in [6, 6.07) is 0. The molecule has 0 aliphatic heterocycles. The van der Waals surface area contributed by atoms with Crippen molar-refractivity contribution in [1.29, 1.82) is 0 Å². The van der Waals surface area contributed by atoms with Crippen LogP contribution in [0.4, 0.5) is 0 Å². The second kappa shape index (κ2) is 8.16. The van der Waals surface area contributed by atoms with E-state index in [0.29, 0.717) is 12.1 Å². The largest absolute Gasteiger partial charge is 0.282 e. The summed E-state index contributed by atoms with van der Waals surface area (Å²) in [5, 5.41) is 0.0230. The van der Waals surface area contributed by atoms with Gasteiger partial charge in [-0.25, -0.2) is 13.1 Å². The van der Waals surface area contributed by atoms with Crippen molar-refractivity contribution in [2.24, 2.45) is 0 Å². The Labute approximate surface area is 106 Å². The molecule has 0 aliphatic carbocycles. The van der Waals surface area contributed by atoms with Gasteiger partial charge in [0.15, 0.2) is 0 Å². The van der Waals surface area contributed by atoms with E-state index in [1.165, 1.54) is 11.8 Å². The van der Waals surface area contributed by atoms with Crippen molar-refractivity contribution < 1.29 is 13.2 Å². The van der Waals surface area contributed by atoms with Crippen molar-refractivity contribution >= 4 is 38.7 Å². The molecule has 16 heavy (non-hydrogen) atoms. The molecule has 0 saturated carbocycles. The molecule has 0 atom stereocenters. The number of carbonyl (C=O) groups excluding carboxylic acids is 1. The number of carbonyl (C=O) groups is 1. The van der Waals surface area contributed by atoms with Crippen LogP contribution in [0.5, 0.6) is 0 Å². The molecule has 0 aromatic rings. The van der Waals surface area contributed by atoms with Crippen molar-refractivity contribution in [3.8, 4) is 0 Å². The molecule has 0 radical (unpaired) electrons. The van der Waals surface area contributed by atoms with Crippen LogP contribution in [0.2, 0.25) is 0 Å². The number of hydrogen-bond donors (Lipinski definition) is 1. The topological polar surface area (TPSA) is 63.2 Å². The van der Waals surface area contributed by atoms with E-state index in [1.54, 1.807) is 18.7 Å². The highest BCUT2D eigenvalue weighted by Gasteiger charge is 2.02. The lowest BCUT2D eigenvalue weighted by Crippen LogP contribution is -2.24. The van der Waals surface area contributed by atoms with Crippen LogP contribution in [-0.4, -0.2) is 43.6 Å². The Bertz CT molecular complexity index is 338. The van der Waals surface area contributed by atoms with Crippen molar-refractivity contribution in [3.05, 3.63) is 12.2 Å². The van der Waals surface area contributed by atoms with Gasteiger partial charge < -0.3 is 0 Å². The van der Waals surface area contributed by atoms with Crippen molar-refractivity contribution in [3.63, 3.8) is 0 Å². The summed E-state index contributed by atoms with van der Waals surface area (Å²) >= 11 is 2.87. The molecule has 0 aromatic heterocycles. The third kappa shape index (κ3) is 10.5. The highest BCUT2D eigenvalue weighted by atomic mass is 32.2. The van der Waals surface area contributed by atoms with Gasteiger partial charge in [0.05, 0.1) is 6.26 Å². The second-order valence-electron chi connectivity index (χ2n) is 3.20. The zero-order valence-electron chi connectivity index (χ0n) is 9.49. The predicted molar refractivity (Wildman–Crippen MR) is 72.5 cm³/mol. The van der Waals surface area contributed by atoms with E-state index < -0.39 is 10.0 Å². The molecule has 0 fully saturated rings. The lowest BCUT2D eigenvalue weighted by Gasteiger charge is -2.02. The summed E-state index contributed by atoms with van der Waals surface area (Å²) in [5.41, 5.74) is 0.564. The summed E-state index contributed by atoms with van der Waals surface area (Å²) in [7, 11) is -3.08. The smallest absolute Gasteiger partial charge is 0.214 e. The van der Waals surface area contributed by atoms with Gasteiger partial charge in [-0.3, -0.25) is 4.79 Å². The summed E-state index contributed by atoms with van der Waals surface area (Å²) in [4.78, 5) is 11.1. The van der Waals surface area contributed by atoms with E-state index in [2.05, 4.69) is 11.3 Å². The number of hydrogen-bond acceptors (Lipinski definition) is 5. The first-order chi connectivity index (χ1) is 7.33. The number of sulfonamides is 1. The predicted octanol–water partition coefficient (Wildman–Crippen LogP) is 1.10. The van der Waals surface area contributed by atoms with E-state index in [0.717, 1.165) is 23.5 Å². The van der Waals surface area contributed by atoms with Crippen LogP contribution in [-0.2, 0) is 14.8 Å². The van der Waals surface area contributed by atoms with Crippen LogP contribution in [0.15, 0.2) is 12.2 Å². The number of thioether (sulfide) groups is 2. The summed E-state index contributed by atoms with van der Waals surface area (Å²) in [6.45, 7) is 5.68. The summed E-state index contributed by atoms with van der Waals surface area (Å²) in [5.74, 6) is 2.28. The lowest BCUT2D eigenvalue weighted by atomic mass is 10.4. The first-order valence-electron chi connectivity index (χ1n) is 4.68. The SMILES string of the molecule is C=C(C)C(=O)SCCSCCNS(C)(=O)=O. The summed E-state index contributed by atoms with van der Waals surface area (Å²) in [6.07, 6.45) is 1.14. The average molecular weight is 283 g/mol. The first-order valence-corrected chi connectivity index (χ1v) is 8.71. The van der Waals surface area contributed by atoms with Crippen LogP contribution < -0.4 is 4.72 Å². The molecule has 0 spiro atoms. The fraction of sp³-hybridized carbons (Fsp3) is 0.667. The average Bonchev–Trinajstić information content (AvgIpc) is 2.14. The van der Waals surface area contributed by atoms with Crippen molar-refractivity contribution in [1.82, 2.24) is 4.72 Å². The maximum absolute atomic E-state index is 11.1. The van der Waals surface area contributed by atoms with Crippen LogP contribution in [0, 0.1) is 0 Å². The Morgan fingerprint density at radius 3 is 2.44 bits per heavy atom. The third-order valence-corrected chi connectivity index (χ3v) is 4.41. The maximum Gasteiger partial charge on any atom is 0.214 e. The maximum atomic E-state index is 11.1. The van der Waals surface area contributed by atoms with Gasteiger partial charge in [-0.1, -0.05) is 18.3 Å². The monoisotopic (exact) mass is 283 g/mol. The fourth-order valence-corrected chi connectivity index (χ4v) is 3.01. The van der Waals surface area contributed by atoms with Crippen molar-refractivity contribution in [2.75, 3.05) is 30.1 Å². The van der Waals surface area contributed by atoms with Gasteiger partial charge in [0.1, 0.15) is 0 Å². The minimum Gasteiger partial charge on any atom is -0.282 e. The molecule has 0 amide bonds. The standard InChI is InChI=1S/C9H17NO3S3/c1-8(2)9(11)15-7-6-14-5-4-10-16(3,12)13/h10H,1,4-7H2,2-3H3. The zero-order chi connectivity index (χ0) is 12.6. The number of nitrogens with one attached hydrogen (secondary N) is 1. The normalized spacial score (nSPS) is 11.4. The van der Waals surface area contributed by atoms with Crippen LogP contribution >= 0.6 is 23.5 Å². The van der Waals surface area contributed by atoms with Gasteiger partial charge in [0, 0.05) is 23.8 Å². The van der Waals surface area contributed by atoms with Gasteiger partial charge in [0.2, 0.25) is 15.1 Å². The molecule has 0 unspecified atom stereocenters. The lowest BCUT2D eigenvalue weighted by molar-refractivity contribution is -0.107. The molecular formula is C9H17NO3S3. The Kier molecular flexibility index (Phi) is 8.17. The Hall–Kier alpha value is 0.0200. The highest BCUT2D eigenvalue weighted by molar-refractivity contribution is 8.14. The molecule has 0 aliphatic rings. The molecule has 94 valence electrons. The molecule has 0 saturated heterocycles. The van der Waals surface area contributed by atoms with E-state index in [9.17, 15) is 13.2 Å². The van der Waals surface area contributed by atoms with E-state index in [-0.39, 0.29) is 5.12 Å². The summed E-state index contributed by atoms with van der Waals surface area (Å²) < 4.78 is 23.8. The van der Waals surface area contributed by atoms with E-state index in [4.69, 9.17) is 0 Å². The Balaban J connectivity index is 3.35. The molecule has 4 nitrogen and oxygen atoms in total. The minimum absolute atomic E-state index is 0.0230. The third-order valence-electron chi connectivity index (χ3n) is 1.42. The quantitative estimate of drug-likeness (QED) is 0.534. The molecule has 0 rings (SSSR count). The van der Waals surface area contributed by atoms with E-state index in [1.807, 2.05) is 0 Å². The molecule has 0 bridgehead atoms. The molecule has 7 heteroatoms. The Morgan fingerprint density at radius 1 is 1.31 bits per heavy atom. The molecule has 0 aromatic carbocycles. The van der Waals surface area contributed by atoms with Crippen molar-refractivity contribution in [2.45, 2.75) is 6.92 Å². The Morgan fingerprint density at radius 2 is 1.94 bits per heavy atom. The van der Waals surface area contributed by atoms with Gasteiger partial charge in [-0.2, -0.15) is 11.8 Å². The molecule has 0 heterocycles. The minimum atomic E-state index is -3.08. The van der Waals surface area contributed by atoms with E-state index >= 15 is 0 Å². The molecular weight excluding hydrogens is 266 g/mol. The van der Waals surface area contributed by atoms with Gasteiger partial charge in [0.25, 0.3) is 0 Å². The highest BCUT2D eigenvalue weighted by Crippen LogP contribution is 2.11. The van der Waals surface area contributed by atoms with Crippen LogP contribution in [0.1, 0.15) is 6.92 Å². The fourth-order valence-electron chi connectivity index (χ4n) is 0.718.